The molecule has 136 valence electrons. The van der Waals surface area contributed by atoms with E-state index in [1.165, 1.54) is 15.8 Å². The number of benzene rings is 2. The number of halogens is 1. The Bertz CT molecular complexity index is 1120. The zero-order chi connectivity index (χ0) is 18.4. The third-order valence-electron chi connectivity index (χ3n) is 5.07. The smallest absolute Gasteiger partial charge is 0.186 e. The summed E-state index contributed by atoms with van der Waals surface area (Å²) in [5.41, 5.74) is 5.64. The maximum absolute atomic E-state index is 6.00. The van der Waals surface area contributed by atoms with Crippen LogP contribution in [-0.2, 0) is 19.4 Å². The van der Waals surface area contributed by atoms with Crippen molar-refractivity contribution in [1.29, 1.82) is 0 Å². The number of thiazole rings is 1. The molecule has 0 amide bonds. The summed E-state index contributed by atoms with van der Waals surface area (Å²) >= 11 is 7.75. The van der Waals surface area contributed by atoms with E-state index in [0.29, 0.717) is 0 Å². The molecule has 0 saturated heterocycles. The number of aromatic nitrogens is 2. The summed E-state index contributed by atoms with van der Waals surface area (Å²) in [6, 6.07) is 14.3. The van der Waals surface area contributed by atoms with E-state index in [4.69, 9.17) is 21.1 Å². The van der Waals surface area contributed by atoms with Gasteiger partial charge in [-0.15, -0.1) is 0 Å². The SMILES string of the molecule is CCc1ccc2nc(N3CCc4c(noc4-c4ccc(Cl)cc4)C3)sc2c1. The van der Waals surface area contributed by atoms with E-state index in [9.17, 15) is 0 Å². The van der Waals surface area contributed by atoms with Crippen molar-refractivity contribution in [3.8, 4) is 11.3 Å². The molecule has 2 aromatic heterocycles. The van der Waals surface area contributed by atoms with Crippen LogP contribution < -0.4 is 4.90 Å². The molecule has 5 rings (SSSR count). The van der Waals surface area contributed by atoms with Gasteiger partial charge >= 0.3 is 0 Å². The van der Waals surface area contributed by atoms with Crippen LogP contribution in [0.2, 0.25) is 5.02 Å². The second-order valence-electron chi connectivity index (χ2n) is 6.77. The average Bonchev–Trinajstić information content (AvgIpc) is 3.31. The Morgan fingerprint density at radius 1 is 1.19 bits per heavy atom. The van der Waals surface area contributed by atoms with Gasteiger partial charge in [-0.2, -0.15) is 0 Å². The lowest BCUT2D eigenvalue weighted by Gasteiger charge is -2.25. The Kier molecular flexibility index (Phi) is 4.14. The monoisotopic (exact) mass is 395 g/mol. The summed E-state index contributed by atoms with van der Waals surface area (Å²) < 4.78 is 6.93. The van der Waals surface area contributed by atoms with E-state index in [1.807, 2.05) is 24.3 Å². The lowest BCUT2D eigenvalue weighted by Crippen LogP contribution is -2.30. The molecule has 0 N–H and O–H groups in total. The first kappa shape index (κ1) is 16.8. The number of hydrogen-bond acceptors (Lipinski definition) is 5. The zero-order valence-corrected chi connectivity index (χ0v) is 16.5. The lowest BCUT2D eigenvalue weighted by atomic mass is 10.0. The Labute approximate surface area is 166 Å². The largest absolute Gasteiger partial charge is 0.356 e. The number of hydrogen-bond donors (Lipinski definition) is 0. The molecule has 0 bridgehead atoms. The van der Waals surface area contributed by atoms with Gasteiger partial charge < -0.3 is 9.42 Å². The fourth-order valence-corrected chi connectivity index (χ4v) is 4.71. The molecule has 0 unspecified atom stereocenters. The first-order valence-electron chi connectivity index (χ1n) is 9.09. The van der Waals surface area contributed by atoms with Crippen LogP contribution in [0.25, 0.3) is 21.5 Å². The van der Waals surface area contributed by atoms with Crippen molar-refractivity contribution in [2.24, 2.45) is 0 Å². The number of aryl methyl sites for hydroxylation is 1. The molecule has 0 atom stereocenters. The van der Waals surface area contributed by atoms with Crippen molar-refractivity contribution < 1.29 is 4.52 Å². The highest BCUT2D eigenvalue weighted by Crippen LogP contribution is 2.35. The highest BCUT2D eigenvalue weighted by Gasteiger charge is 2.26. The highest BCUT2D eigenvalue weighted by molar-refractivity contribution is 7.22. The van der Waals surface area contributed by atoms with Gasteiger partial charge in [0.25, 0.3) is 0 Å². The van der Waals surface area contributed by atoms with E-state index in [2.05, 4.69) is 35.2 Å². The van der Waals surface area contributed by atoms with Gasteiger partial charge in [0.2, 0.25) is 0 Å². The Morgan fingerprint density at radius 3 is 2.85 bits per heavy atom. The van der Waals surface area contributed by atoms with Crippen LogP contribution in [0.15, 0.2) is 47.0 Å². The first-order valence-corrected chi connectivity index (χ1v) is 10.3. The van der Waals surface area contributed by atoms with E-state index < -0.39 is 0 Å². The van der Waals surface area contributed by atoms with Crippen molar-refractivity contribution in [2.75, 3.05) is 11.4 Å². The third kappa shape index (κ3) is 3.01. The molecular formula is C21H18ClN3OS. The highest BCUT2D eigenvalue weighted by atomic mass is 35.5. The van der Waals surface area contributed by atoms with Crippen LogP contribution in [0.3, 0.4) is 0 Å². The summed E-state index contributed by atoms with van der Waals surface area (Å²) in [6.07, 6.45) is 1.94. The van der Waals surface area contributed by atoms with Crippen LogP contribution in [-0.4, -0.2) is 16.7 Å². The van der Waals surface area contributed by atoms with Crippen LogP contribution in [0, 0.1) is 0 Å². The average molecular weight is 396 g/mol. The summed E-state index contributed by atoms with van der Waals surface area (Å²) in [7, 11) is 0. The topological polar surface area (TPSA) is 42.2 Å². The third-order valence-corrected chi connectivity index (χ3v) is 6.40. The predicted molar refractivity (Wildman–Crippen MR) is 111 cm³/mol. The number of rotatable bonds is 3. The van der Waals surface area contributed by atoms with Gasteiger partial charge in [0.1, 0.15) is 5.69 Å². The van der Waals surface area contributed by atoms with Crippen LogP contribution in [0.1, 0.15) is 23.7 Å². The molecule has 1 aliphatic heterocycles. The van der Waals surface area contributed by atoms with Crippen molar-refractivity contribution in [3.63, 3.8) is 0 Å². The molecule has 0 radical (unpaired) electrons. The van der Waals surface area contributed by atoms with Gasteiger partial charge in [0, 0.05) is 22.7 Å². The zero-order valence-electron chi connectivity index (χ0n) is 14.9. The van der Waals surface area contributed by atoms with E-state index in [-0.39, 0.29) is 0 Å². The van der Waals surface area contributed by atoms with E-state index in [1.54, 1.807) is 11.3 Å². The molecule has 3 heterocycles. The molecule has 0 spiro atoms. The summed E-state index contributed by atoms with van der Waals surface area (Å²) in [5.74, 6) is 0.859. The maximum atomic E-state index is 6.00. The van der Waals surface area contributed by atoms with Gasteiger partial charge in [-0.3, -0.25) is 0 Å². The second kappa shape index (κ2) is 6.66. The number of fused-ring (bicyclic) bond motifs is 2. The first-order chi connectivity index (χ1) is 13.2. The number of nitrogens with zero attached hydrogens (tertiary/aromatic N) is 3. The minimum atomic E-state index is 0.723. The maximum Gasteiger partial charge on any atom is 0.186 e. The van der Waals surface area contributed by atoms with E-state index >= 15 is 0 Å². The molecule has 1 aliphatic rings. The van der Waals surface area contributed by atoms with Crippen LogP contribution >= 0.6 is 22.9 Å². The van der Waals surface area contributed by atoms with Crippen molar-refractivity contribution in [3.05, 3.63) is 64.3 Å². The predicted octanol–water partition coefficient (Wildman–Crippen LogP) is 5.73. The standard InChI is InChI=1S/C21H18ClN3OS/c1-2-13-3-8-17-19(11-13)27-21(23-17)25-10-9-16-18(12-25)24-26-20(16)14-4-6-15(22)7-5-14/h3-8,11H,2,9-10,12H2,1H3. The molecule has 4 nitrogen and oxygen atoms in total. The fourth-order valence-electron chi connectivity index (χ4n) is 3.53. The van der Waals surface area contributed by atoms with E-state index in [0.717, 1.165) is 58.6 Å². The normalized spacial score (nSPS) is 13.9. The van der Waals surface area contributed by atoms with Crippen LogP contribution in [0.4, 0.5) is 5.13 Å². The quantitative estimate of drug-likeness (QED) is 0.444. The van der Waals surface area contributed by atoms with Gasteiger partial charge in [0.05, 0.1) is 16.8 Å². The van der Waals surface area contributed by atoms with Gasteiger partial charge in [0.15, 0.2) is 10.9 Å². The summed E-state index contributed by atoms with van der Waals surface area (Å²) in [5, 5.41) is 6.12. The van der Waals surface area contributed by atoms with Crippen molar-refractivity contribution >= 4 is 38.3 Å². The van der Waals surface area contributed by atoms with Gasteiger partial charge in [-0.25, -0.2) is 4.98 Å². The summed E-state index contributed by atoms with van der Waals surface area (Å²) in [6.45, 7) is 3.82. The fraction of sp³-hybridized carbons (Fsp3) is 0.238. The minimum Gasteiger partial charge on any atom is -0.356 e. The summed E-state index contributed by atoms with van der Waals surface area (Å²) in [4.78, 5) is 7.13. The molecule has 0 aliphatic carbocycles. The molecule has 0 fully saturated rings. The molecule has 27 heavy (non-hydrogen) atoms. The Balaban J connectivity index is 1.44. The second-order valence-corrected chi connectivity index (χ2v) is 8.21. The Morgan fingerprint density at radius 2 is 2.04 bits per heavy atom. The van der Waals surface area contributed by atoms with Gasteiger partial charge in [-0.1, -0.05) is 41.1 Å². The molecule has 4 aromatic rings. The van der Waals surface area contributed by atoms with Gasteiger partial charge in [-0.05, 0) is 54.8 Å². The van der Waals surface area contributed by atoms with Crippen molar-refractivity contribution in [2.45, 2.75) is 26.3 Å². The lowest BCUT2D eigenvalue weighted by molar-refractivity contribution is 0.423. The van der Waals surface area contributed by atoms with Crippen LogP contribution in [0.5, 0.6) is 0 Å². The molecule has 2 aromatic carbocycles. The Hall–Kier alpha value is -2.37. The molecule has 0 saturated carbocycles. The molecule has 6 heteroatoms. The number of anilines is 1. The van der Waals surface area contributed by atoms with Crippen molar-refractivity contribution in [1.82, 2.24) is 10.1 Å². The molecular weight excluding hydrogens is 378 g/mol. The minimum absolute atomic E-state index is 0.723.